The van der Waals surface area contributed by atoms with E-state index in [1.807, 2.05) is 24.4 Å². The summed E-state index contributed by atoms with van der Waals surface area (Å²) in [6, 6.07) is 5.85. The molecule has 2 heterocycles. The van der Waals surface area contributed by atoms with Crippen molar-refractivity contribution in [3.05, 3.63) is 28.9 Å². The summed E-state index contributed by atoms with van der Waals surface area (Å²) in [5, 5.41) is 17.2. The van der Waals surface area contributed by atoms with Gasteiger partial charge in [-0.1, -0.05) is 22.0 Å². The van der Waals surface area contributed by atoms with Gasteiger partial charge in [-0.2, -0.15) is 5.10 Å². The number of pyridine rings is 1. The minimum Gasteiger partial charge on any atom is -0.465 e. The lowest BCUT2D eigenvalue weighted by Crippen LogP contribution is -2.22. The van der Waals surface area contributed by atoms with E-state index in [4.69, 9.17) is 10.8 Å². The molecule has 8 heteroatoms. The lowest BCUT2D eigenvalue weighted by Gasteiger charge is -2.01. The first-order valence-electron chi connectivity index (χ1n) is 6.73. The maximum Gasteiger partial charge on any atom is 0.404 e. The molecule has 3 aromatic rings. The summed E-state index contributed by atoms with van der Waals surface area (Å²) in [4.78, 5) is 14.8. The van der Waals surface area contributed by atoms with Gasteiger partial charge in [0.05, 0.1) is 5.52 Å². The fourth-order valence-corrected chi connectivity index (χ4v) is 2.72. The molecule has 0 bridgehead atoms. The van der Waals surface area contributed by atoms with Crippen LogP contribution in [0.2, 0.25) is 0 Å². The second-order valence-corrected chi connectivity index (χ2v) is 5.81. The Balaban J connectivity index is 1.93. The van der Waals surface area contributed by atoms with Crippen LogP contribution in [0.25, 0.3) is 21.8 Å². The number of fused-ring (bicyclic) bond motifs is 3. The molecule has 0 saturated heterocycles. The lowest BCUT2D eigenvalue weighted by atomic mass is 10.1. The van der Waals surface area contributed by atoms with Crippen LogP contribution in [-0.4, -0.2) is 32.5 Å². The molecule has 7 nitrogen and oxygen atoms in total. The predicted molar refractivity (Wildman–Crippen MR) is 87.8 cm³/mol. The summed E-state index contributed by atoms with van der Waals surface area (Å²) in [5.41, 5.74) is 7.47. The summed E-state index contributed by atoms with van der Waals surface area (Å²) in [5.74, 6) is 0.392. The number of hydrogen-bond acceptors (Lipinski definition) is 4. The van der Waals surface area contributed by atoms with Gasteiger partial charge in [-0.25, -0.2) is 9.78 Å². The van der Waals surface area contributed by atoms with Crippen LogP contribution in [0.4, 0.5) is 10.6 Å². The van der Waals surface area contributed by atoms with Gasteiger partial charge < -0.3 is 16.2 Å². The first-order chi connectivity index (χ1) is 10.5. The van der Waals surface area contributed by atoms with E-state index in [2.05, 4.69) is 31.3 Å². The first-order valence-corrected chi connectivity index (χ1v) is 7.52. The van der Waals surface area contributed by atoms with E-state index >= 15 is 0 Å². The molecule has 3 rings (SSSR count). The highest BCUT2D eigenvalue weighted by Crippen LogP contribution is 2.28. The van der Waals surface area contributed by atoms with Crippen LogP contribution < -0.4 is 11.1 Å². The highest BCUT2D eigenvalue weighted by atomic mass is 79.9. The van der Waals surface area contributed by atoms with Gasteiger partial charge >= 0.3 is 6.09 Å². The van der Waals surface area contributed by atoms with Crippen LogP contribution in [-0.2, 0) is 6.54 Å². The highest BCUT2D eigenvalue weighted by Gasteiger charge is 2.11. The average molecular weight is 364 g/mol. The molecule has 22 heavy (non-hydrogen) atoms. The van der Waals surface area contributed by atoms with E-state index in [1.54, 1.807) is 4.68 Å². The number of amides is 1. The molecular weight excluding hydrogens is 350 g/mol. The quantitative estimate of drug-likeness (QED) is 0.617. The van der Waals surface area contributed by atoms with Crippen molar-refractivity contribution in [2.75, 3.05) is 12.3 Å². The van der Waals surface area contributed by atoms with Gasteiger partial charge in [-0.05, 0) is 18.6 Å². The number of halogens is 1. The van der Waals surface area contributed by atoms with E-state index in [9.17, 15) is 4.79 Å². The van der Waals surface area contributed by atoms with Crippen LogP contribution in [0.3, 0.4) is 0 Å². The third-order valence-electron chi connectivity index (χ3n) is 3.34. The van der Waals surface area contributed by atoms with Crippen LogP contribution in [0.5, 0.6) is 0 Å². The number of nitrogens with one attached hydrogen (secondary N) is 1. The standard InChI is InChI=1S/C14H14BrN5O2/c15-8-2-3-9-10-7-20(5-1-4-17-14(21)22)19-12(10)13(16)18-11(9)6-8/h2-3,6-7,17H,1,4-5H2,(H2,16,18)(H,21,22). The van der Waals surface area contributed by atoms with Crippen LogP contribution >= 0.6 is 15.9 Å². The fraction of sp³-hybridized carbons (Fsp3) is 0.214. The van der Waals surface area contributed by atoms with E-state index in [1.165, 1.54) is 0 Å². The Morgan fingerprint density at radius 1 is 1.41 bits per heavy atom. The lowest BCUT2D eigenvalue weighted by molar-refractivity contribution is 0.194. The molecule has 1 amide bonds. The molecule has 0 spiro atoms. The van der Waals surface area contributed by atoms with Crippen molar-refractivity contribution in [1.29, 1.82) is 0 Å². The summed E-state index contributed by atoms with van der Waals surface area (Å²) in [6.45, 7) is 0.986. The number of nitrogens with zero attached hydrogens (tertiary/aromatic N) is 3. The minimum atomic E-state index is -1.02. The Morgan fingerprint density at radius 2 is 2.23 bits per heavy atom. The van der Waals surface area contributed by atoms with Crippen molar-refractivity contribution in [2.24, 2.45) is 0 Å². The molecular formula is C14H14BrN5O2. The molecule has 0 atom stereocenters. The third-order valence-corrected chi connectivity index (χ3v) is 3.83. The normalized spacial score (nSPS) is 11.1. The Morgan fingerprint density at radius 3 is 3.00 bits per heavy atom. The average Bonchev–Trinajstić information content (AvgIpc) is 2.88. The van der Waals surface area contributed by atoms with Crippen molar-refractivity contribution in [1.82, 2.24) is 20.1 Å². The van der Waals surface area contributed by atoms with Crippen molar-refractivity contribution >= 4 is 49.6 Å². The molecule has 1 aromatic carbocycles. The monoisotopic (exact) mass is 363 g/mol. The van der Waals surface area contributed by atoms with E-state index in [0.29, 0.717) is 30.8 Å². The highest BCUT2D eigenvalue weighted by molar-refractivity contribution is 9.10. The Hall–Kier alpha value is -2.35. The van der Waals surface area contributed by atoms with Gasteiger partial charge in [0, 0.05) is 34.5 Å². The summed E-state index contributed by atoms with van der Waals surface area (Å²) in [7, 11) is 0. The minimum absolute atomic E-state index is 0.382. The van der Waals surface area contributed by atoms with Crippen LogP contribution in [0.15, 0.2) is 28.9 Å². The van der Waals surface area contributed by atoms with Gasteiger partial charge in [-0.15, -0.1) is 0 Å². The molecule has 114 valence electrons. The molecule has 0 aliphatic heterocycles. The Kier molecular flexibility index (Phi) is 3.84. The van der Waals surface area contributed by atoms with Crippen LogP contribution in [0.1, 0.15) is 6.42 Å². The molecule has 0 aliphatic carbocycles. The summed E-state index contributed by atoms with van der Waals surface area (Å²) >= 11 is 3.42. The van der Waals surface area contributed by atoms with Crippen molar-refractivity contribution in [2.45, 2.75) is 13.0 Å². The van der Waals surface area contributed by atoms with Crippen molar-refractivity contribution in [3.8, 4) is 0 Å². The molecule has 0 unspecified atom stereocenters. The molecule has 4 N–H and O–H groups in total. The van der Waals surface area contributed by atoms with E-state index in [0.717, 1.165) is 20.8 Å². The number of nitrogen functional groups attached to an aromatic ring is 1. The van der Waals surface area contributed by atoms with Gasteiger partial charge in [0.25, 0.3) is 0 Å². The number of nitrogens with two attached hydrogens (primary N) is 1. The number of aryl methyl sites for hydroxylation is 1. The van der Waals surface area contributed by atoms with Crippen molar-refractivity contribution < 1.29 is 9.90 Å². The van der Waals surface area contributed by atoms with E-state index < -0.39 is 6.09 Å². The largest absolute Gasteiger partial charge is 0.465 e. The molecule has 0 aliphatic rings. The second kappa shape index (κ2) is 5.80. The zero-order chi connectivity index (χ0) is 15.7. The zero-order valence-corrected chi connectivity index (χ0v) is 13.2. The number of carboxylic acid groups (broad SMARTS) is 1. The SMILES string of the molecule is Nc1nc2cc(Br)ccc2c2cn(CCCNC(=O)O)nc12. The second-order valence-electron chi connectivity index (χ2n) is 4.90. The molecule has 0 fully saturated rings. The molecule has 0 saturated carbocycles. The zero-order valence-electron chi connectivity index (χ0n) is 11.6. The number of carbonyl (C=O) groups is 1. The molecule has 0 radical (unpaired) electrons. The first kappa shape index (κ1) is 14.6. The van der Waals surface area contributed by atoms with Gasteiger partial charge in [0.1, 0.15) is 5.52 Å². The van der Waals surface area contributed by atoms with Gasteiger partial charge in [0.2, 0.25) is 0 Å². The number of hydrogen-bond donors (Lipinski definition) is 3. The maximum atomic E-state index is 10.4. The van der Waals surface area contributed by atoms with Crippen LogP contribution in [0, 0.1) is 0 Å². The number of rotatable bonds is 4. The Labute approximate surface area is 134 Å². The predicted octanol–water partition coefficient (Wildman–Crippen LogP) is 2.59. The van der Waals surface area contributed by atoms with Gasteiger partial charge in [0.15, 0.2) is 5.82 Å². The number of aromatic nitrogens is 3. The maximum absolute atomic E-state index is 10.4. The molecule has 2 aromatic heterocycles. The Bertz CT molecular complexity index is 861. The smallest absolute Gasteiger partial charge is 0.404 e. The summed E-state index contributed by atoms with van der Waals surface area (Å²) in [6.07, 6.45) is 1.55. The fourth-order valence-electron chi connectivity index (χ4n) is 2.37. The number of benzene rings is 1. The summed E-state index contributed by atoms with van der Waals surface area (Å²) < 4.78 is 2.71. The number of anilines is 1. The van der Waals surface area contributed by atoms with Crippen molar-refractivity contribution in [3.63, 3.8) is 0 Å². The topological polar surface area (TPSA) is 106 Å². The third kappa shape index (κ3) is 2.82. The van der Waals surface area contributed by atoms with Gasteiger partial charge in [-0.3, -0.25) is 4.68 Å². The van der Waals surface area contributed by atoms with E-state index in [-0.39, 0.29) is 0 Å².